The number of benzene rings is 1. The van der Waals surface area contributed by atoms with Crippen molar-refractivity contribution in [2.45, 2.75) is 25.9 Å². The molecule has 25 heavy (non-hydrogen) atoms. The molecule has 8 heteroatoms. The lowest BCUT2D eigenvalue weighted by molar-refractivity contribution is -0.124. The van der Waals surface area contributed by atoms with Crippen LogP contribution in [-0.4, -0.2) is 52.0 Å². The number of carbonyl (C=O) groups excluding carboxylic acids is 1. The second-order valence-electron chi connectivity index (χ2n) is 6.28. The van der Waals surface area contributed by atoms with Gasteiger partial charge in [0.2, 0.25) is 11.8 Å². The number of piperazine rings is 1. The van der Waals surface area contributed by atoms with E-state index in [-0.39, 0.29) is 11.9 Å². The fourth-order valence-corrected chi connectivity index (χ4v) is 3.22. The first-order chi connectivity index (χ1) is 12.0. The minimum Gasteiger partial charge on any atom is -0.368 e. The summed E-state index contributed by atoms with van der Waals surface area (Å²) in [5.41, 5.74) is 6.32. The van der Waals surface area contributed by atoms with Crippen molar-refractivity contribution < 1.29 is 13.7 Å². The Bertz CT molecular complexity index is 725. The van der Waals surface area contributed by atoms with Crippen LogP contribution in [0, 0.1) is 12.7 Å². The number of primary amides is 1. The number of hydrogen-bond acceptors (Lipinski definition) is 6. The standard InChI is InChI=1S/C17H22FN5O2/c1-11(17-20-12(2)21-25-17)22-7-9-23(10-8-22)15(16(19)24)13-3-5-14(18)6-4-13/h3-6,11,15H,7-10H2,1-2H3,(H2,19,24)/t11-,15-/m1/s1. The Morgan fingerprint density at radius 3 is 2.32 bits per heavy atom. The quantitative estimate of drug-likeness (QED) is 0.880. The zero-order valence-electron chi connectivity index (χ0n) is 14.4. The number of rotatable bonds is 5. The summed E-state index contributed by atoms with van der Waals surface area (Å²) >= 11 is 0. The molecule has 2 heterocycles. The lowest BCUT2D eigenvalue weighted by Crippen LogP contribution is -2.50. The monoisotopic (exact) mass is 347 g/mol. The molecule has 1 saturated heterocycles. The van der Waals surface area contributed by atoms with Crippen molar-refractivity contribution >= 4 is 5.91 Å². The van der Waals surface area contributed by atoms with Crippen molar-refractivity contribution in [3.63, 3.8) is 0 Å². The Morgan fingerprint density at radius 1 is 1.20 bits per heavy atom. The van der Waals surface area contributed by atoms with Gasteiger partial charge in [0.05, 0.1) is 6.04 Å². The third kappa shape index (κ3) is 3.85. The van der Waals surface area contributed by atoms with Crippen LogP contribution in [0.2, 0.25) is 0 Å². The van der Waals surface area contributed by atoms with E-state index < -0.39 is 11.9 Å². The van der Waals surface area contributed by atoms with E-state index in [1.54, 1.807) is 19.1 Å². The highest BCUT2D eigenvalue weighted by Gasteiger charge is 2.31. The van der Waals surface area contributed by atoms with Crippen molar-refractivity contribution in [1.82, 2.24) is 19.9 Å². The van der Waals surface area contributed by atoms with Gasteiger partial charge in [-0.3, -0.25) is 14.6 Å². The van der Waals surface area contributed by atoms with Gasteiger partial charge in [-0.15, -0.1) is 0 Å². The van der Waals surface area contributed by atoms with Crippen LogP contribution in [0.4, 0.5) is 4.39 Å². The maximum Gasteiger partial charge on any atom is 0.243 e. The van der Waals surface area contributed by atoms with Gasteiger partial charge in [-0.25, -0.2) is 4.39 Å². The van der Waals surface area contributed by atoms with E-state index in [1.165, 1.54) is 12.1 Å². The third-order valence-electron chi connectivity index (χ3n) is 4.62. The zero-order chi connectivity index (χ0) is 18.0. The molecular formula is C17H22FN5O2. The largest absolute Gasteiger partial charge is 0.368 e. The van der Waals surface area contributed by atoms with Crippen LogP contribution in [0.1, 0.15) is 36.3 Å². The maximum absolute atomic E-state index is 13.1. The van der Waals surface area contributed by atoms with Gasteiger partial charge >= 0.3 is 0 Å². The molecule has 3 rings (SSSR count). The first-order valence-electron chi connectivity index (χ1n) is 8.29. The molecule has 0 spiro atoms. The Labute approximate surface area is 145 Å². The average Bonchev–Trinajstić information content (AvgIpc) is 3.03. The molecule has 0 radical (unpaired) electrons. The topological polar surface area (TPSA) is 88.5 Å². The van der Waals surface area contributed by atoms with Gasteiger partial charge in [0.25, 0.3) is 0 Å². The molecule has 1 aromatic heterocycles. The number of nitrogens with two attached hydrogens (primary N) is 1. The summed E-state index contributed by atoms with van der Waals surface area (Å²) < 4.78 is 18.4. The zero-order valence-corrected chi connectivity index (χ0v) is 14.4. The van der Waals surface area contributed by atoms with Crippen LogP contribution in [0.15, 0.2) is 28.8 Å². The summed E-state index contributed by atoms with van der Waals surface area (Å²) in [5, 5.41) is 3.83. The van der Waals surface area contributed by atoms with Gasteiger partial charge in [-0.2, -0.15) is 4.98 Å². The van der Waals surface area contributed by atoms with E-state index in [0.29, 0.717) is 30.4 Å². The lowest BCUT2D eigenvalue weighted by Gasteiger charge is -2.39. The molecule has 2 aromatic rings. The summed E-state index contributed by atoms with van der Waals surface area (Å²) in [6.07, 6.45) is 0. The average molecular weight is 347 g/mol. The highest BCUT2D eigenvalue weighted by molar-refractivity contribution is 5.81. The highest BCUT2D eigenvalue weighted by atomic mass is 19.1. The maximum atomic E-state index is 13.1. The molecule has 7 nitrogen and oxygen atoms in total. The number of aromatic nitrogens is 2. The van der Waals surface area contributed by atoms with Crippen LogP contribution in [0.3, 0.4) is 0 Å². The van der Waals surface area contributed by atoms with Crippen LogP contribution in [0.25, 0.3) is 0 Å². The Kier molecular flexibility index (Phi) is 5.10. The van der Waals surface area contributed by atoms with Crippen LogP contribution >= 0.6 is 0 Å². The molecule has 1 aliphatic rings. The highest BCUT2D eigenvalue weighted by Crippen LogP contribution is 2.25. The van der Waals surface area contributed by atoms with Gasteiger partial charge in [0, 0.05) is 26.2 Å². The van der Waals surface area contributed by atoms with Gasteiger partial charge in [-0.05, 0) is 31.5 Å². The second kappa shape index (κ2) is 7.28. The van der Waals surface area contributed by atoms with Gasteiger partial charge in [0.15, 0.2) is 5.82 Å². The summed E-state index contributed by atoms with van der Waals surface area (Å²) in [7, 11) is 0. The molecular weight excluding hydrogens is 325 g/mol. The first-order valence-corrected chi connectivity index (χ1v) is 8.29. The lowest BCUT2D eigenvalue weighted by atomic mass is 10.0. The molecule has 1 aromatic carbocycles. The van der Waals surface area contributed by atoms with Crippen molar-refractivity contribution in [2.24, 2.45) is 5.73 Å². The smallest absolute Gasteiger partial charge is 0.243 e. The molecule has 0 bridgehead atoms. The van der Waals surface area contributed by atoms with E-state index in [9.17, 15) is 9.18 Å². The molecule has 2 atom stereocenters. The number of aryl methyl sites for hydroxylation is 1. The Hall–Kier alpha value is -2.32. The minimum atomic E-state index is -0.552. The fourth-order valence-electron chi connectivity index (χ4n) is 3.22. The number of nitrogens with zero attached hydrogens (tertiary/aromatic N) is 4. The van der Waals surface area contributed by atoms with Gasteiger partial charge in [0.1, 0.15) is 11.9 Å². The van der Waals surface area contributed by atoms with Crippen LogP contribution < -0.4 is 5.73 Å². The van der Waals surface area contributed by atoms with E-state index in [0.717, 1.165) is 13.1 Å². The predicted octanol–water partition coefficient (Wildman–Crippen LogP) is 1.42. The summed E-state index contributed by atoms with van der Waals surface area (Å²) in [6.45, 7) is 6.64. The molecule has 1 fully saturated rings. The molecule has 1 aliphatic heterocycles. The minimum absolute atomic E-state index is 0.0150. The molecule has 1 amide bonds. The summed E-state index contributed by atoms with van der Waals surface area (Å²) in [5.74, 6) is 0.447. The Morgan fingerprint density at radius 2 is 1.80 bits per heavy atom. The number of hydrogen-bond donors (Lipinski definition) is 1. The molecule has 0 saturated carbocycles. The van der Waals surface area contributed by atoms with E-state index in [1.807, 2.05) is 11.8 Å². The van der Waals surface area contributed by atoms with E-state index >= 15 is 0 Å². The predicted molar refractivity (Wildman–Crippen MR) is 88.9 cm³/mol. The van der Waals surface area contributed by atoms with Crippen molar-refractivity contribution in [3.8, 4) is 0 Å². The first kappa shape index (κ1) is 17.5. The summed E-state index contributed by atoms with van der Waals surface area (Å²) in [4.78, 5) is 20.5. The van der Waals surface area contributed by atoms with Gasteiger partial charge < -0.3 is 10.3 Å². The normalized spacial score (nSPS) is 18.8. The number of halogens is 1. The van der Waals surface area contributed by atoms with Crippen molar-refractivity contribution in [2.75, 3.05) is 26.2 Å². The van der Waals surface area contributed by atoms with Crippen LogP contribution in [0.5, 0.6) is 0 Å². The van der Waals surface area contributed by atoms with Crippen molar-refractivity contribution in [1.29, 1.82) is 0 Å². The summed E-state index contributed by atoms with van der Waals surface area (Å²) in [6, 6.07) is 5.38. The molecule has 0 aliphatic carbocycles. The van der Waals surface area contributed by atoms with E-state index in [4.69, 9.17) is 10.3 Å². The fraction of sp³-hybridized carbons (Fsp3) is 0.471. The van der Waals surface area contributed by atoms with Crippen molar-refractivity contribution in [3.05, 3.63) is 47.4 Å². The molecule has 0 unspecified atom stereocenters. The van der Waals surface area contributed by atoms with Gasteiger partial charge in [-0.1, -0.05) is 17.3 Å². The SMILES string of the molecule is Cc1noc([C@@H](C)N2CCN([C@@H](C(N)=O)c3ccc(F)cc3)CC2)n1. The van der Waals surface area contributed by atoms with E-state index in [2.05, 4.69) is 15.0 Å². The second-order valence-corrected chi connectivity index (χ2v) is 6.28. The molecule has 2 N–H and O–H groups in total. The number of carbonyl (C=O) groups is 1. The van der Waals surface area contributed by atoms with Crippen LogP contribution in [-0.2, 0) is 4.79 Å². The molecule has 134 valence electrons. The number of amides is 1. The third-order valence-corrected chi connectivity index (χ3v) is 4.62. The Balaban J connectivity index is 1.67.